The second-order valence-corrected chi connectivity index (χ2v) is 6.14. The molecule has 0 radical (unpaired) electrons. The van der Waals surface area contributed by atoms with E-state index in [9.17, 15) is 9.90 Å². The number of anilines is 1. The number of ether oxygens (including phenoxy) is 2. The van der Waals surface area contributed by atoms with Crippen LogP contribution in [0.5, 0.6) is 0 Å². The first kappa shape index (κ1) is 15.3. The Morgan fingerprint density at radius 1 is 1.18 bits per heavy atom. The molecule has 2 heterocycles. The van der Waals surface area contributed by atoms with Gasteiger partial charge in [-0.05, 0) is 23.6 Å². The third-order valence-corrected chi connectivity index (χ3v) is 4.18. The fourth-order valence-corrected chi connectivity index (χ4v) is 2.89. The van der Waals surface area contributed by atoms with Crippen molar-refractivity contribution < 1.29 is 19.4 Å². The highest BCUT2D eigenvalue weighted by Crippen LogP contribution is 2.27. The van der Waals surface area contributed by atoms with Crippen molar-refractivity contribution >= 4 is 11.7 Å². The van der Waals surface area contributed by atoms with E-state index in [0.717, 1.165) is 5.69 Å². The van der Waals surface area contributed by atoms with Gasteiger partial charge in [0.2, 0.25) is 0 Å². The summed E-state index contributed by atoms with van der Waals surface area (Å²) in [4.78, 5) is 12.1. The number of hydrogen-bond donors (Lipinski definition) is 3. The van der Waals surface area contributed by atoms with E-state index in [4.69, 9.17) is 9.47 Å². The van der Waals surface area contributed by atoms with Crippen molar-refractivity contribution in [3.05, 3.63) is 29.8 Å². The minimum atomic E-state index is -0.608. The average molecular weight is 306 g/mol. The number of nitrogens with one attached hydrogen (secondary N) is 2. The quantitative estimate of drug-likeness (QED) is 0.790. The molecule has 2 amide bonds. The summed E-state index contributed by atoms with van der Waals surface area (Å²) in [5.74, 6) is 0.460. The standard InChI is InChI=1S/C16H22N2O4/c1-9(2)10-3-5-11(6-4-10)17-16(20)18-12-7-21-15-13(19)8-22-14(12)15/h3-6,9,12-15,19H,7-8H2,1-2H3,(H2,17,18,20)/t12-,13-,14-,15+/m1/s1. The molecule has 1 aromatic carbocycles. The molecule has 6 heteroatoms. The predicted octanol–water partition coefficient (Wildman–Crippen LogP) is 1.46. The van der Waals surface area contributed by atoms with Crippen LogP contribution in [0.4, 0.5) is 10.5 Å². The van der Waals surface area contributed by atoms with Crippen LogP contribution < -0.4 is 10.6 Å². The smallest absolute Gasteiger partial charge is 0.319 e. The second-order valence-electron chi connectivity index (χ2n) is 6.14. The summed E-state index contributed by atoms with van der Waals surface area (Å²) in [7, 11) is 0. The largest absolute Gasteiger partial charge is 0.388 e. The highest BCUT2D eigenvalue weighted by molar-refractivity contribution is 5.89. The predicted molar refractivity (Wildman–Crippen MR) is 82.0 cm³/mol. The van der Waals surface area contributed by atoms with Crippen LogP contribution in [0.25, 0.3) is 0 Å². The molecule has 1 aromatic rings. The van der Waals surface area contributed by atoms with E-state index in [2.05, 4.69) is 24.5 Å². The Hall–Kier alpha value is -1.63. The molecule has 2 aliphatic rings. The third-order valence-electron chi connectivity index (χ3n) is 4.18. The minimum Gasteiger partial charge on any atom is -0.388 e. The van der Waals surface area contributed by atoms with Gasteiger partial charge in [0.25, 0.3) is 0 Å². The number of aliphatic hydroxyl groups excluding tert-OH is 1. The Morgan fingerprint density at radius 2 is 1.86 bits per heavy atom. The van der Waals surface area contributed by atoms with Crippen molar-refractivity contribution in [1.29, 1.82) is 0 Å². The fraction of sp³-hybridized carbons (Fsp3) is 0.562. The number of aliphatic hydroxyl groups is 1. The van der Waals surface area contributed by atoms with Crippen molar-refractivity contribution in [2.45, 2.75) is 44.1 Å². The maximum atomic E-state index is 12.1. The van der Waals surface area contributed by atoms with Crippen LogP contribution in [0.2, 0.25) is 0 Å². The zero-order valence-electron chi connectivity index (χ0n) is 12.8. The summed E-state index contributed by atoms with van der Waals surface area (Å²) < 4.78 is 11.0. The Bertz CT molecular complexity index is 531. The highest BCUT2D eigenvalue weighted by atomic mass is 16.6. The molecule has 0 bridgehead atoms. The lowest BCUT2D eigenvalue weighted by Crippen LogP contribution is -2.46. The van der Waals surface area contributed by atoms with Crippen molar-refractivity contribution in [2.24, 2.45) is 0 Å². The zero-order chi connectivity index (χ0) is 15.7. The van der Waals surface area contributed by atoms with E-state index in [-0.39, 0.29) is 30.9 Å². The van der Waals surface area contributed by atoms with Gasteiger partial charge in [0.1, 0.15) is 18.3 Å². The number of amides is 2. The van der Waals surface area contributed by atoms with Gasteiger partial charge in [0.15, 0.2) is 0 Å². The topological polar surface area (TPSA) is 79.8 Å². The molecule has 6 nitrogen and oxygen atoms in total. The molecule has 3 N–H and O–H groups in total. The van der Waals surface area contributed by atoms with Crippen LogP contribution in [-0.2, 0) is 9.47 Å². The monoisotopic (exact) mass is 306 g/mol. The van der Waals surface area contributed by atoms with E-state index in [0.29, 0.717) is 12.5 Å². The van der Waals surface area contributed by atoms with Gasteiger partial charge in [-0.2, -0.15) is 0 Å². The van der Waals surface area contributed by atoms with E-state index >= 15 is 0 Å². The molecule has 3 rings (SSSR count). The van der Waals surface area contributed by atoms with Crippen molar-refractivity contribution in [3.8, 4) is 0 Å². The highest BCUT2D eigenvalue weighted by Gasteiger charge is 2.47. The maximum Gasteiger partial charge on any atom is 0.319 e. The van der Waals surface area contributed by atoms with E-state index < -0.39 is 6.10 Å². The van der Waals surface area contributed by atoms with Gasteiger partial charge in [-0.1, -0.05) is 26.0 Å². The first-order valence-corrected chi connectivity index (χ1v) is 7.63. The molecular weight excluding hydrogens is 284 g/mol. The van der Waals surface area contributed by atoms with Gasteiger partial charge in [-0.3, -0.25) is 0 Å². The van der Waals surface area contributed by atoms with E-state index in [1.807, 2.05) is 24.3 Å². The number of carbonyl (C=O) groups excluding carboxylic acids is 1. The number of hydrogen-bond acceptors (Lipinski definition) is 4. The molecule has 4 atom stereocenters. The van der Waals surface area contributed by atoms with Gasteiger partial charge in [0, 0.05) is 5.69 Å². The number of benzene rings is 1. The summed E-state index contributed by atoms with van der Waals surface area (Å²) in [5, 5.41) is 15.3. The minimum absolute atomic E-state index is 0.239. The first-order valence-electron chi connectivity index (χ1n) is 7.63. The Balaban J connectivity index is 1.54. The molecule has 0 spiro atoms. The van der Waals surface area contributed by atoms with Gasteiger partial charge < -0.3 is 25.2 Å². The average Bonchev–Trinajstić information content (AvgIpc) is 3.04. The molecule has 0 saturated carbocycles. The summed E-state index contributed by atoms with van der Waals surface area (Å²) in [6.45, 7) is 4.86. The molecule has 0 unspecified atom stereocenters. The summed E-state index contributed by atoms with van der Waals surface area (Å²) in [6.07, 6.45) is -1.22. The van der Waals surface area contributed by atoms with Gasteiger partial charge >= 0.3 is 6.03 Å². The molecule has 22 heavy (non-hydrogen) atoms. The van der Waals surface area contributed by atoms with Crippen LogP contribution in [0.15, 0.2) is 24.3 Å². The fourth-order valence-electron chi connectivity index (χ4n) is 2.89. The lowest BCUT2D eigenvalue weighted by Gasteiger charge is -2.18. The van der Waals surface area contributed by atoms with E-state index in [1.165, 1.54) is 5.56 Å². The molecule has 2 fully saturated rings. The Kier molecular flexibility index (Phi) is 4.33. The molecule has 2 saturated heterocycles. The molecule has 120 valence electrons. The number of rotatable bonds is 3. The summed E-state index contributed by atoms with van der Waals surface area (Å²) in [6, 6.07) is 7.25. The SMILES string of the molecule is CC(C)c1ccc(NC(=O)N[C@@H]2CO[C@@H]3[C@@H]2OC[C@H]3O)cc1. The number of carbonyl (C=O) groups is 1. The van der Waals surface area contributed by atoms with Crippen LogP contribution in [0.3, 0.4) is 0 Å². The first-order chi connectivity index (χ1) is 10.5. The zero-order valence-corrected chi connectivity index (χ0v) is 12.8. The van der Waals surface area contributed by atoms with Gasteiger partial charge in [-0.15, -0.1) is 0 Å². The van der Waals surface area contributed by atoms with E-state index in [1.54, 1.807) is 0 Å². The van der Waals surface area contributed by atoms with Crippen LogP contribution in [0.1, 0.15) is 25.3 Å². The molecule has 0 aliphatic carbocycles. The third kappa shape index (κ3) is 3.09. The maximum absolute atomic E-state index is 12.1. The second kappa shape index (κ2) is 6.24. The number of urea groups is 1. The van der Waals surface area contributed by atoms with Crippen LogP contribution in [0, 0.1) is 0 Å². The molecular formula is C16H22N2O4. The van der Waals surface area contributed by atoms with Crippen molar-refractivity contribution in [2.75, 3.05) is 18.5 Å². The van der Waals surface area contributed by atoms with Crippen LogP contribution in [-0.4, -0.2) is 48.7 Å². The normalized spacial score (nSPS) is 30.4. The summed E-state index contributed by atoms with van der Waals surface area (Å²) in [5.41, 5.74) is 1.97. The number of fused-ring (bicyclic) bond motifs is 1. The summed E-state index contributed by atoms with van der Waals surface area (Å²) >= 11 is 0. The van der Waals surface area contributed by atoms with Crippen molar-refractivity contribution in [1.82, 2.24) is 5.32 Å². The Labute approximate surface area is 129 Å². The molecule has 2 aliphatic heterocycles. The van der Waals surface area contributed by atoms with Gasteiger partial charge in [-0.25, -0.2) is 4.79 Å². The molecule has 0 aromatic heterocycles. The lowest BCUT2D eigenvalue weighted by atomic mass is 10.0. The lowest BCUT2D eigenvalue weighted by molar-refractivity contribution is 0.0180. The van der Waals surface area contributed by atoms with Gasteiger partial charge in [0.05, 0.1) is 19.3 Å². The Morgan fingerprint density at radius 3 is 2.55 bits per heavy atom. The van der Waals surface area contributed by atoms with Crippen LogP contribution >= 0.6 is 0 Å². The van der Waals surface area contributed by atoms with Crippen molar-refractivity contribution in [3.63, 3.8) is 0 Å².